The van der Waals surface area contributed by atoms with Gasteiger partial charge in [0.05, 0.1) is 7.11 Å². The minimum Gasteiger partial charge on any atom is -0.497 e. The van der Waals surface area contributed by atoms with Gasteiger partial charge in [-0.2, -0.15) is 8.42 Å². The Hall–Kier alpha value is -2.54. The van der Waals surface area contributed by atoms with Crippen molar-refractivity contribution in [1.29, 1.82) is 0 Å². The molecule has 0 saturated carbocycles. The van der Waals surface area contributed by atoms with Crippen LogP contribution in [0.1, 0.15) is 26.3 Å². The van der Waals surface area contributed by atoms with E-state index < -0.39 is 10.1 Å². The molecular formula is C19H23NO5S. The van der Waals surface area contributed by atoms with Crippen molar-refractivity contribution in [2.75, 3.05) is 7.11 Å². The fraction of sp³-hybridized carbons (Fsp3) is 0.316. The van der Waals surface area contributed by atoms with Crippen molar-refractivity contribution >= 4 is 16.0 Å². The number of hydrogen-bond donors (Lipinski definition) is 0. The first-order valence-electron chi connectivity index (χ1n) is 8.17. The van der Waals surface area contributed by atoms with E-state index in [9.17, 15) is 13.2 Å². The van der Waals surface area contributed by atoms with Crippen molar-refractivity contribution in [3.05, 3.63) is 54.1 Å². The first-order chi connectivity index (χ1) is 12.2. The highest BCUT2D eigenvalue weighted by atomic mass is 32.2. The Balaban J connectivity index is 2.11. The van der Waals surface area contributed by atoms with Crippen LogP contribution in [0.3, 0.4) is 0 Å². The molecule has 0 spiro atoms. The van der Waals surface area contributed by atoms with E-state index in [4.69, 9.17) is 8.92 Å². The third-order valence-electron chi connectivity index (χ3n) is 3.86. The first-order valence-corrected chi connectivity index (χ1v) is 9.58. The Bertz CT molecular complexity index is 843. The molecule has 140 valence electrons. The molecule has 0 aromatic heterocycles. The Morgan fingerprint density at radius 2 is 1.54 bits per heavy atom. The van der Waals surface area contributed by atoms with Crippen molar-refractivity contribution in [1.82, 2.24) is 4.90 Å². The van der Waals surface area contributed by atoms with Crippen LogP contribution in [-0.2, 0) is 21.5 Å². The predicted molar refractivity (Wildman–Crippen MR) is 98.6 cm³/mol. The number of carbonyl (C=O) groups is 1. The maximum absolute atomic E-state index is 12.3. The smallest absolute Gasteiger partial charge is 0.339 e. The fourth-order valence-corrected chi connectivity index (χ4v) is 3.35. The Morgan fingerprint density at radius 3 is 2.00 bits per heavy atom. The van der Waals surface area contributed by atoms with Gasteiger partial charge in [0.15, 0.2) is 0 Å². The van der Waals surface area contributed by atoms with Crippen molar-refractivity contribution in [2.24, 2.45) is 0 Å². The normalized spacial score (nSPS) is 11.3. The maximum atomic E-state index is 12.3. The van der Waals surface area contributed by atoms with E-state index in [0.29, 0.717) is 12.3 Å². The molecule has 0 radical (unpaired) electrons. The van der Waals surface area contributed by atoms with E-state index in [1.54, 1.807) is 41.3 Å². The summed E-state index contributed by atoms with van der Waals surface area (Å²) in [7, 11) is -2.41. The number of methoxy groups -OCH3 is 1. The summed E-state index contributed by atoms with van der Waals surface area (Å²) in [6, 6.07) is 12.7. The minimum absolute atomic E-state index is 0.0117. The quantitative estimate of drug-likeness (QED) is 0.693. The van der Waals surface area contributed by atoms with E-state index >= 15 is 0 Å². The topological polar surface area (TPSA) is 72.9 Å². The van der Waals surface area contributed by atoms with Gasteiger partial charge in [0.2, 0.25) is 5.91 Å². The lowest BCUT2D eigenvalue weighted by Crippen LogP contribution is -2.34. The summed E-state index contributed by atoms with van der Waals surface area (Å²) < 4.78 is 34.8. The van der Waals surface area contributed by atoms with Crippen LogP contribution in [0.4, 0.5) is 0 Å². The summed E-state index contributed by atoms with van der Waals surface area (Å²) in [5.74, 6) is 0.763. The zero-order chi connectivity index (χ0) is 19.3. The van der Waals surface area contributed by atoms with Crippen LogP contribution in [0.25, 0.3) is 0 Å². The zero-order valence-corrected chi connectivity index (χ0v) is 16.1. The second-order valence-corrected chi connectivity index (χ2v) is 7.64. The van der Waals surface area contributed by atoms with Crippen LogP contribution in [0.5, 0.6) is 11.5 Å². The van der Waals surface area contributed by atoms with Gasteiger partial charge in [0.25, 0.3) is 0 Å². The molecule has 1 amide bonds. The second-order valence-electron chi connectivity index (χ2n) is 6.10. The lowest BCUT2D eigenvalue weighted by Gasteiger charge is -2.25. The summed E-state index contributed by atoms with van der Waals surface area (Å²) in [6.07, 6.45) is 0. The molecule has 0 saturated heterocycles. The third-order valence-corrected chi connectivity index (χ3v) is 5.12. The first kappa shape index (κ1) is 19.8. The van der Waals surface area contributed by atoms with Gasteiger partial charge in [-0.05, 0) is 55.8 Å². The number of amides is 1. The molecule has 6 nitrogen and oxygen atoms in total. The summed E-state index contributed by atoms with van der Waals surface area (Å²) in [4.78, 5) is 13.4. The lowest BCUT2D eigenvalue weighted by molar-refractivity contribution is -0.131. The van der Waals surface area contributed by atoms with Gasteiger partial charge in [-0.1, -0.05) is 12.1 Å². The summed E-state index contributed by atoms with van der Waals surface area (Å²) in [6.45, 7) is 5.87. The van der Waals surface area contributed by atoms with Crippen LogP contribution < -0.4 is 8.92 Å². The van der Waals surface area contributed by atoms with E-state index in [2.05, 4.69) is 0 Å². The predicted octanol–water partition coefficient (Wildman–Crippen LogP) is 3.22. The number of ether oxygens (including phenoxy) is 1. The Morgan fingerprint density at radius 1 is 1.00 bits per heavy atom. The highest BCUT2D eigenvalue weighted by molar-refractivity contribution is 7.87. The summed E-state index contributed by atoms with van der Waals surface area (Å²) in [5, 5.41) is 0. The van der Waals surface area contributed by atoms with Crippen LogP contribution in [0, 0.1) is 0 Å². The molecule has 0 heterocycles. The molecule has 0 unspecified atom stereocenters. The molecule has 0 aliphatic carbocycles. The van der Waals surface area contributed by atoms with Crippen LogP contribution in [0.15, 0.2) is 53.4 Å². The number of nitrogens with zero attached hydrogens (tertiary/aromatic N) is 1. The molecule has 7 heteroatoms. The van der Waals surface area contributed by atoms with Gasteiger partial charge in [0.1, 0.15) is 16.4 Å². The molecule has 0 bridgehead atoms. The zero-order valence-electron chi connectivity index (χ0n) is 15.3. The molecule has 2 aromatic carbocycles. The molecule has 0 aliphatic heterocycles. The molecule has 0 atom stereocenters. The van der Waals surface area contributed by atoms with Gasteiger partial charge in [-0.25, -0.2) is 0 Å². The van der Waals surface area contributed by atoms with Gasteiger partial charge >= 0.3 is 10.1 Å². The van der Waals surface area contributed by atoms with E-state index in [1.165, 1.54) is 26.2 Å². The molecular weight excluding hydrogens is 354 g/mol. The monoisotopic (exact) mass is 377 g/mol. The largest absolute Gasteiger partial charge is 0.497 e. The third kappa shape index (κ3) is 4.98. The van der Waals surface area contributed by atoms with Gasteiger partial charge in [-0.3, -0.25) is 4.79 Å². The number of rotatable bonds is 7. The Kier molecular flexibility index (Phi) is 6.26. The van der Waals surface area contributed by atoms with E-state index in [-0.39, 0.29) is 22.6 Å². The van der Waals surface area contributed by atoms with Gasteiger partial charge in [0, 0.05) is 19.5 Å². The van der Waals surface area contributed by atoms with Crippen molar-refractivity contribution in [3.8, 4) is 11.5 Å². The number of hydrogen-bond acceptors (Lipinski definition) is 5. The van der Waals surface area contributed by atoms with Crippen molar-refractivity contribution in [2.45, 2.75) is 38.3 Å². The average Bonchev–Trinajstić information content (AvgIpc) is 2.60. The van der Waals surface area contributed by atoms with E-state index in [1.807, 2.05) is 13.8 Å². The highest BCUT2D eigenvalue weighted by Crippen LogP contribution is 2.22. The van der Waals surface area contributed by atoms with Crippen LogP contribution >= 0.6 is 0 Å². The molecule has 0 N–H and O–H groups in total. The lowest BCUT2D eigenvalue weighted by atomic mass is 10.2. The molecule has 2 rings (SSSR count). The molecule has 2 aromatic rings. The SMILES string of the molecule is COc1ccc(S(=O)(=O)Oc2ccc(CN(C(C)=O)C(C)C)cc2)cc1. The second kappa shape index (κ2) is 8.23. The van der Waals surface area contributed by atoms with E-state index in [0.717, 1.165) is 5.56 Å². The maximum Gasteiger partial charge on any atom is 0.339 e. The number of benzene rings is 2. The van der Waals surface area contributed by atoms with Crippen molar-refractivity contribution < 1.29 is 22.1 Å². The Labute approximate surface area is 154 Å². The molecule has 26 heavy (non-hydrogen) atoms. The number of carbonyl (C=O) groups excluding carboxylic acids is 1. The average molecular weight is 377 g/mol. The molecule has 0 fully saturated rings. The fourth-order valence-electron chi connectivity index (χ4n) is 2.42. The summed E-state index contributed by atoms with van der Waals surface area (Å²) >= 11 is 0. The van der Waals surface area contributed by atoms with Gasteiger partial charge < -0.3 is 13.8 Å². The minimum atomic E-state index is -3.92. The summed E-state index contributed by atoms with van der Waals surface area (Å²) in [5.41, 5.74) is 0.892. The highest BCUT2D eigenvalue weighted by Gasteiger charge is 2.17. The van der Waals surface area contributed by atoms with Crippen molar-refractivity contribution in [3.63, 3.8) is 0 Å². The van der Waals surface area contributed by atoms with Gasteiger partial charge in [-0.15, -0.1) is 0 Å². The standard InChI is InChI=1S/C19H23NO5S/c1-14(2)20(15(3)21)13-16-5-7-18(8-6-16)25-26(22,23)19-11-9-17(24-4)10-12-19/h5-12,14H,13H2,1-4H3. The molecule has 0 aliphatic rings. The van der Waals surface area contributed by atoms with Crippen LogP contribution in [0.2, 0.25) is 0 Å². The van der Waals surface area contributed by atoms with Crippen LogP contribution in [-0.4, -0.2) is 32.4 Å².